The molecule has 2 unspecified atom stereocenters. The van der Waals surface area contributed by atoms with Gasteiger partial charge in [-0.05, 0) is 30.7 Å². The summed E-state index contributed by atoms with van der Waals surface area (Å²) in [4.78, 5) is 11.7. The van der Waals surface area contributed by atoms with Gasteiger partial charge >= 0.3 is 6.03 Å². The van der Waals surface area contributed by atoms with Crippen molar-refractivity contribution in [2.45, 2.75) is 25.6 Å². The van der Waals surface area contributed by atoms with Gasteiger partial charge in [0.25, 0.3) is 0 Å². The molecule has 0 radical (unpaired) electrons. The largest absolute Gasteiger partial charge is 0.387 e. The van der Waals surface area contributed by atoms with Crippen molar-refractivity contribution in [3.8, 4) is 0 Å². The molecule has 1 aromatic carbocycles. The van der Waals surface area contributed by atoms with E-state index in [4.69, 9.17) is 0 Å². The second-order valence-electron chi connectivity index (χ2n) is 5.17. The van der Waals surface area contributed by atoms with E-state index in [0.29, 0.717) is 6.54 Å². The van der Waals surface area contributed by atoms with Crippen LogP contribution in [-0.2, 0) is 6.54 Å². The van der Waals surface area contributed by atoms with Crippen LogP contribution in [0.1, 0.15) is 18.6 Å². The van der Waals surface area contributed by atoms with Gasteiger partial charge in [0.2, 0.25) is 0 Å². The van der Waals surface area contributed by atoms with E-state index >= 15 is 0 Å². The van der Waals surface area contributed by atoms with Crippen molar-refractivity contribution in [3.63, 3.8) is 0 Å². The lowest BCUT2D eigenvalue weighted by Crippen LogP contribution is -2.43. The fourth-order valence-electron chi connectivity index (χ4n) is 2.04. The fourth-order valence-corrected chi connectivity index (χ4v) is 2.04. The monoisotopic (exact) mass is 324 g/mol. The third-order valence-electron chi connectivity index (χ3n) is 3.18. The lowest BCUT2D eigenvalue weighted by atomic mass is 10.1. The Kier molecular flexibility index (Phi) is 5.64. The first-order valence-electron chi connectivity index (χ1n) is 7.10. The average Bonchev–Trinajstić information content (AvgIpc) is 3.00. The van der Waals surface area contributed by atoms with Crippen molar-refractivity contribution in [1.29, 1.82) is 0 Å². The first-order valence-corrected chi connectivity index (χ1v) is 7.10. The van der Waals surface area contributed by atoms with Crippen molar-refractivity contribution in [3.05, 3.63) is 53.9 Å². The minimum atomic E-state index is -1.13. The number of carbonyl (C=O) groups excluding carboxylic acids is 1. The molecule has 2 rings (SSSR count). The van der Waals surface area contributed by atoms with Gasteiger partial charge in [0.15, 0.2) is 11.6 Å². The third-order valence-corrected chi connectivity index (χ3v) is 3.18. The number of aliphatic hydroxyl groups is 1. The zero-order valence-corrected chi connectivity index (χ0v) is 12.5. The van der Waals surface area contributed by atoms with Crippen molar-refractivity contribution in [1.82, 2.24) is 20.4 Å². The predicted octanol–water partition coefficient (Wildman–Crippen LogP) is 1.58. The minimum absolute atomic E-state index is 0.120. The van der Waals surface area contributed by atoms with E-state index in [9.17, 15) is 18.7 Å². The number of aliphatic hydroxyl groups excluding tert-OH is 1. The molecule has 0 saturated heterocycles. The van der Waals surface area contributed by atoms with Gasteiger partial charge in [-0.2, -0.15) is 5.10 Å². The molecule has 0 bridgehead atoms. The van der Waals surface area contributed by atoms with Crippen LogP contribution in [0.15, 0.2) is 36.7 Å². The summed E-state index contributed by atoms with van der Waals surface area (Å²) in [5.74, 6) is -2.03. The van der Waals surface area contributed by atoms with Crippen LogP contribution in [0, 0.1) is 11.6 Å². The van der Waals surface area contributed by atoms with Crippen LogP contribution >= 0.6 is 0 Å². The number of amides is 2. The highest BCUT2D eigenvalue weighted by molar-refractivity contribution is 5.74. The number of urea groups is 1. The highest BCUT2D eigenvalue weighted by Gasteiger charge is 2.13. The Labute approximate surface area is 132 Å². The zero-order valence-electron chi connectivity index (χ0n) is 12.5. The first kappa shape index (κ1) is 16.9. The molecule has 0 aliphatic carbocycles. The number of aromatic nitrogens is 2. The molecule has 0 saturated carbocycles. The summed E-state index contributed by atoms with van der Waals surface area (Å²) < 4.78 is 27.6. The minimum Gasteiger partial charge on any atom is -0.387 e. The van der Waals surface area contributed by atoms with E-state index in [-0.39, 0.29) is 18.2 Å². The maximum atomic E-state index is 13.1. The van der Waals surface area contributed by atoms with Gasteiger partial charge in [-0.3, -0.25) is 4.68 Å². The van der Waals surface area contributed by atoms with Crippen LogP contribution < -0.4 is 10.6 Å². The van der Waals surface area contributed by atoms with Crippen LogP contribution in [0.25, 0.3) is 0 Å². The van der Waals surface area contributed by atoms with Gasteiger partial charge in [-0.15, -0.1) is 0 Å². The summed E-state index contributed by atoms with van der Waals surface area (Å²) >= 11 is 0. The standard InChI is InChI=1S/C15H18F2N4O2/c1-10(9-21-6-2-5-19-21)20-15(23)18-8-14(22)11-3-4-12(16)13(17)7-11/h2-7,10,14,22H,8-9H2,1H3,(H2,18,20,23). The smallest absolute Gasteiger partial charge is 0.315 e. The van der Waals surface area contributed by atoms with Gasteiger partial charge in [-0.1, -0.05) is 6.07 Å². The molecule has 23 heavy (non-hydrogen) atoms. The van der Waals surface area contributed by atoms with Crippen LogP contribution in [0.4, 0.5) is 13.6 Å². The highest BCUT2D eigenvalue weighted by atomic mass is 19.2. The maximum absolute atomic E-state index is 13.1. The molecular formula is C15H18F2N4O2. The van der Waals surface area contributed by atoms with Crippen LogP contribution in [0.3, 0.4) is 0 Å². The SMILES string of the molecule is CC(Cn1cccn1)NC(=O)NCC(O)c1ccc(F)c(F)c1. The van der Waals surface area contributed by atoms with Crippen molar-refractivity contribution < 1.29 is 18.7 Å². The number of nitrogens with one attached hydrogen (secondary N) is 2. The summed E-state index contributed by atoms with van der Waals surface area (Å²) in [5.41, 5.74) is 0.189. The summed E-state index contributed by atoms with van der Waals surface area (Å²) in [6.45, 7) is 2.20. The Balaban J connectivity index is 1.77. The molecule has 3 N–H and O–H groups in total. The molecule has 6 nitrogen and oxygen atoms in total. The van der Waals surface area contributed by atoms with E-state index < -0.39 is 23.8 Å². The Morgan fingerprint density at radius 2 is 2.17 bits per heavy atom. The molecule has 2 atom stereocenters. The fraction of sp³-hybridized carbons (Fsp3) is 0.333. The lowest BCUT2D eigenvalue weighted by molar-refractivity contribution is 0.172. The summed E-state index contributed by atoms with van der Waals surface area (Å²) in [5, 5.41) is 19.1. The number of carbonyl (C=O) groups is 1. The normalized spacial score (nSPS) is 13.4. The molecule has 1 aromatic heterocycles. The van der Waals surface area contributed by atoms with Gasteiger partial charge in [-0.25, -0.2) is 13.6 Å². The zero-order chi connectivity index (χ0) is 16.8. The number of halogens is 2. The summed E-state index contributed by atoms with van der Waals surface area (Å²) in [6.07, 6.45) is 2.30. The average molecular weight is 324 g/mol. The number of hydrogen-bond donors (Lipinski definition) is 3. The van der Waals surface area contributed by atoms with E-state index in [2.05, 4.69) is 15.7 Å². The van der Waals surface area contributed by atoms with Gasteiger partial charge < -0.3 is 15.7 Å². The second-order valence-corrected chi connectivity index (χ2v) is 5.17. The Hall–Kier alpha value is -2.48. The molecule has 2 amide bonds. The van der Waals surface area contributed by atoms with Gasteiger partial charge in [0, 0.05) is 25.0 Å². The second kappa shape index (κ2) is 7.68. The molecule has 0 spiro atoms. The quantitative estimate of drug-likeness (QED) is 0.755. The Morgan fingerprint density at radius 3 is 2.83 bits per heavy atom. The van der Waals surface area contributed by atoms with E-state index in [1.165, 1.54) is 6.07 Å². The number of rotatable bonds is 6. The molecule has 2 aromatic rings. The van der Waals surface area contributed by atoms with E-state index in [0.717, 1.165) is 12.1 Å². The van der Waals surface area contributed by atoms with Crippen LogP contribution in [-0.4, -0.2) is 33.5 Å². The third kappa shape index (κ3) is 5.03. The topological polar surface area (TPSA) is 79.2 Å². The van der Waals surface area contributed by atoms with Gasteiger partial charge in [0.1, 0.15) is 0 Å². The molecule has 0 aliphatic heterocycles. The van der Waals surface area contributed by atoms with Crippen molar-refractivity contribution in [2.75, 3.05) is 6.54 Å². The van der Waals surface area contributed by atoms with Crippen molar-refractivity contribution >= 4 is 6.03 Å². The molecule has 124 valence electrons. The molecule has 8 heteroatoms. The summed E-state index contributed by atoms with van der Waals surface area (Å²) in [7, 11) is 0. The van der Waals surface area contributed by atoms with E-state index in [1.54, 1.807) is 23.1 Å². The molecule has 0 aliphatic rings. The number of nitrogens with zero attached hydrogens (tertiary/aromatic N) is 2. The van der Waals surface area contributed by atoms with E-state index in [1.807, 2.05) is 6.92 Å². The maximum Gasteiger partial charge on any atom is 0.315 e. The van der Waals surface area contributed by atoms with Crippen LogP contribution in [0.5, 0.6) is 0 Å². The Morgan fingerprint density at radius 1 is 1.39 bits per heavy atom. The molecule has 0 fully saturated rings. The summed E-state index contributed by atoms with van der Waals surface area (Å²) in [6, 6.07) is 4.25. The van der Waals surface area contributed by atoms with Crippen LogP contribution in [0.2, 0.25) is 0 Å². The number of benzene rings is 1. The molecular weight excluding hydrogens is 306 g/mol. The lowest BCUT2D eigenvalue weighted by Gasteiger charge is -2.16. The number of hydrogen-bond acceptors (Lipinski definition) is 3. The molecule has 1 heterocycles. The predicted molar refractivity (Wildman–Crippen MR) is 79.5 cm³/mol. The van der Waals surface area contributed by atoms with Gasteiger partial charge in [0.05, 0.1) is 12.6 Å². The Bertz CT molecular complexity index is 649. The van der Waals surface area contributed by atoms with Crippen molar-refractivity contribution in [2.24, 2.45) is 0 Å². The first-order chi connectivity index (χ1) is 11.0. The highest BCUT2D eigenvalue weighted by Crippen LogP contribution is 2.15.